The summed E-state index contributed by atoms with van der Waals surface area (Å²) >= 11 is 0. The van der Waals surface area contributed by atoms with Crippen molar-refractivity contribution in [1.82, 2.24) is 9.55 Å². The Kier molecular flexibility index (Phi) is 4.37. The van der Waals surface area contributed by atoms with E-state index in [1.54, 1.807) is 37.8 Å². The van der Waals surface area contributed by atoms with Gasteiger partial charge in [-0.3, -0.25) is 9.59 Å². The van der Waals surface area contributed by atoms with E-state index in [0.29, 0.717) is 5.69 Å². The second-order valence-corrected chi connectivity index (χ2v) is 4.93. The van der Waals surface area contributed by atoms with Crippen LogP contribution in [0.25, 0.3) is 5.69 Å². The molecule has 0 aliphatic heterocycles. The van der Waals surface area contributed by atoms with Gasteiger partial charge in [0.2, 0.25) is 5.91 Å². The molecule has 0 aliphatic rings. The zero-order chi connectivity index (χ0) is 15.4. The Bertz CT molecular complexity index is 637. The first-order valence-corrected chi connectivity index (χ1v) is 6.61. The number of carboxylic acid groups (broad SMARTS) is 1. The van der Waals surface area contributed by atoms with Crippen molar-refractivity contribution in [3.8, 4) is 5.69 Å². The minimum atomic E-state index is -0.982. The number of aromatic nitrogens is 2. The van der Waals surface area contributed by atoms with E-state index in [4.69, 9.17) is 5.11 Å². The van der Waals surface area contributed by atoms with E-state index in [1.165, 1.54) is 6.92 Å². The number of nitrogens with one attached hydrogen (secondary N) is 1. The first kappa shape index (κ1) is 14.8. The molecule has 110 valence electrons. The number of imidazole rings is 1. The summed E-state index contributed by atoms with van der Waals surface area (Å²) in [4.78, 5) is 26.9. The lowest BCUT2D eigenvalue weighted by Crippen LogP contribution is -2.29. The van der Waals surface area contributed by atoms with Crippen molar-refractivity contribution < 1.29 is 14.7 Å². The van der Waals surface area contributed by atoms with Gasteiger partial charge in [0, 0.05) is 29.7 Å². The molecular weight excluding hydrogens is 270 g/mol. The van der Waals surface area contributed by atoms with Crippen LogP contribution in [-0.4, -0.2) is 26.5 Å². The molecule has 0 radical (unpaired) electrons. The van der Waals surface area contributed by atoms with E-state index in [2.05, 4.69) is 10.3 Å². The fraction of sp³-hybridized carbons (Fsp3) is 0.267. The number of benzene rings is 1. The topological polar surface area (TPSA) is 84.2 Å². The molecule has 2 aromatic rings. The number of amides is 1. The van der Waals surface area contributed by atoms with Crippen LogP contribution in [-0.2, 0) is 9.59 Å². The van der Waals surface area contributed by atoms with E-state index in [9.17, 15) is 9.59 Å². The van der Waals surface area contributed by atoms with E-state index in [0.717, 1.165) is 5.69 Å². The largest absolute Gasteiger partial charge is 0.481 e. The number of nitrogens with zero attached hydrogens (tertiary/aromatic N) is 2. The summed E-state index contributed by atoms with van der Waals surface area (Å²) in [6.45, 7) is 3.13. The normalized spacial score (nSPS) is 13.4. The van der Waals surface area contributed by atoms with Crippen LogP contribution < -0.4 is 5.32 Å². The second-order valence-electron chi connectivity index (χ2n) is 4.93. The Hall–Kier alpha value is -2.63. The summed E-state index contributed by atoms with van der Waals surface area (Å²) in [5, 5.41) is 11.7. The quantitative estimate of drug-likeness (QED) is 0.882. The fourth-order valence-corrected chi connectivity index (χ4v) is 1.85. The number of carbonyl (C=O) groups is 2. The summed E-state index contributed by atoms with van der Waals surface area (Å²) in [6.07, 6.45) is 5.13. The Balaban J connectivity index is 2.11. The highest BCUT2D eigenvalue weighted by molar-refractivity contribution is 5.94. The van der Waals surface area contributed by atoms with Gasteiger partial charge in [0.25, 0.3) is 0 Å². The molecule has 0 saturated carbocycles. The summed E-state index contributed by atoms with van der Waals surface area (Å²) in [5.41, 5.74) is 1.49. The number of anilines is 1. The smallest absolute Gasteiger partial charge is 0.307 e. The molecule has 0 aliphatic carbocycles. The zero-order valence-electron chi connectivity index (χ0n) is 11.9. The highest BCUT2D eigenvalue weighted by Gasteiger charge is 2.25. The van der Waals surface area contributed by atoms with Crippen LogP contribution in [0.2, 0.25) is 0 Å². The summed E-state index contributed by atoms with van der Waals surface area (Å²) < 4.78 is 1.82. The third kappa shape index (κ3) is 3.47. The van der Waals surface area contributed by atoms with Gasteiger partial charge in [-0.1, -0.05) is 19.9 Å². The monoisotopic (exact) mass is 287 g/mol. The summed E-state index contributed by atoms with van der Waals surface area (Å²) in [5.74, 6) is -2.64. The standard InChI is InChI=1S/C15H17N3O3/c1-10(11(2)15(20)21)14(19)17-12-4-3-5-13(8-12)18-7-6-16-9-18/h3-11H,1-2H3,(H,17,19)(H,20,21). The van der Waals surface area contributed by atoms with Crippen LogP contribution in [0, 0.1) is 11.8 Å². The van der Waals surface area contributed by atoms with Gasteiger partial charge in [-0.05, 0) is 18.2 Å². The number of hydrogen-bond donors (Lipinski definition) is 2. The second kappa shape index (κ2) is 6.21. The van der Waals surface area contributed by atoms with Gasteiger partial charge in [-0.2, -0.15) is 0 Å². The zero-order valence-corrected chi connectivity index (χ0v) is 11.9. The molecular formula is C15H17N3O3. The Morgan fingerprint density at radius 3 is 2.67 bits per heavy atom. The number of hydrogen-bond acceptors (Lipinski definition) is 3. The van der Waals surface area contributed by atoms with E-state index in [-0.39, 0.29) is 5.91 Å². The van der Waals surface area contributed by atoms with Crippen molar-refractivity contribution in [3.05, 3.63) is 43.0 Å². The molecule has 2 N–H and O–H groups in total. The number of carboxylic acids is 1. The predicted octanol–water partition coefficient (Wildman–Crippen LogP) is 2.17. The van der Waals surface area contributed by atoms with Gasteiger partial charge in [-0.15, -0.1) is 0 Å². The summed E-state index contributed by atoms with van der Waals surface area (Å²) in [7, 11) is 0. The number of carbonyl (C=O) groups excluding carboxylic acids is 1. The van der Waals surface area contributed by atoms with E-state index >= 15 is 0 Å². The Labute approximate surface area is 122 Å². The maximum absolute atomic E-state index is 12.1. The molecule has 1 aromatic heterocycles. The molecule has 1 amide bonds. The minimum Gasteiger partial charge on any atom is -0.481 e. The molecule has 0 bridgehead atoms. The lowest BCUT2D eigenvalue weighted by atomic mass is 9.95. The molecule has 0 saturated heterocycles. The van der Waals surface area contributed by atoms with Crippen LogP contribution in [0.1, 0.15) is 13.8 Å². The van der Waals surface area contributed by atoms with Gasteiger partial charge in [0.05, 0.1) is 12.2 Å². The van der Waals surface area contributed by atoms with Gasteiger partial charge in [-0.25, -0.2) is 4.98 Å². The van der Waals surface area contributed by atoms with Crippen molar-refractivity contribution in [2.45, 2.75) is 13.8 Å². The SMILES string of the molecule is CC(C(=O)O)C(C)C(=O)Nc1cccc(-n2ccnc2)c1. The number of rotatable bonds is 5. The van der Waals surface area contributed by atoms with Gasteiger partial charge in [0.15, 0.2) is 0 Å². The van der Waals surface area contributed by atoms with Gasteiger partial charge >= 0.3 is 5.97 Å². The van der Waals surface area contributed by atoms with Crippen molar-refractivity contribution in [1.29, 1.82) is 0 Å². The van der Waals surface area contributed by atoms with Gasteiger partial charge in [0.1, 0.15) is 0 Å². The third-order valence-electron chi connectivity index (χ3n) is 3.47. The van der Waals surface area contributed by atoms with E-state index in [1.807, 2.05) is 16.7 Å². The van der Waals surface area contributed by atoms with Crippen molar-refractivity contribution in [2.24, 2.45) is 11.8 Å². The van der Waals surface area contributed by atoms with Crippen molar-refractivity contribution >= 4 is 17.6 Å². The highest BCUT2D eigenvalue weighted by atomic mass is 16.4. The Morgan fingerprint density at radius 2 is 2.05 bits per heavy atom. The van der Waals surface area contributed by atoms with Crippen LogP contribution in [0.3, 0.4) is 0 Å². The first-order chi connectivity index (χ1) is 9.99. The van der Waals surface area contributed by atoms with Crippen LogP contribution in [0.4, 0.5) is 5.69 Å². The molecule has 0 spiro atoms. The molecule has 6 heteroatoms. The molecule has 21 heavy (non-hydrogen) atoms. The van der Waals surface area contributed by atoms with Crippen LogP contribution in [0.5, 0.6) is 0 Å². The van der Waals surface area contributed by atoms with Crippen molar-refractivity contribution in [3.63, 3.8) is 0 Å². The first-order valence-electron chi connectivity index (χ1n) is 6.61. The Morgan fingerprint density at radius 1 is 1.29 bits per heavy atom. The molecule has 2 rings (SSSR count). The molecule has 0 fully saturated rings. The average Bonchev–Trinajstić information content (AvgIpc) is 3.00. The lowest BCUT2D eigenvalue weighted by molar-refractivity contribution is -0.145. The number of aliphatic carboxylic acids is 1. The van der Waals surface area contributed by atoms with E-state index < -0.39 is 17.8 Å². The maximum atomic E-state index is 12.1. The third-order valence-corrected chi connectivity index (χ3v) is 3.47. The molecule has 2 unspecified atom stereocenters. The fourth-order valence-electron chi connectivity index (χ4n) is 1.85. The molecule has 6 nitrogen and oxygen atoms in total. The maximum Gasteiger partial charge on any atom is 0.307 e. The summed E-state index contributed by atoms with van der Waals surface area (Å²) in [6, 6.07) is 7.27. The van der Waals surface area contributed by atoms with Crippen LogP contribution >= 0.6 is 0 Å². The minimum absolute atomic E-state index is 0.312. The van der Waals surface area contributed by atoms with Gasteiger partial charge < -0.3 is 15.0 Å². The molecule has 2 atom stereocenters. The lowest BCUT2D eigenvalue weighted by Gasteiger charge is -2.16. The average molecular weight is 287 g/mol. The molecule has 1 aromatic carbocycles. The highest BCUT2D eigenvalue weighted by Crippen LogP contribution is 2.18. The van der Waals surface area contributed by atoms with Crippen LogP contribution in [0.15, 0.2) is 43.0 Å². The molecule has 1 heterocycles. The van der Waals surface area contributed by atoms with Crippen molar-refractivity contribution in [2.75, 3.05) is 5.32 Å². The predicted molar refractivity (Wildman–Crippen MR) is 78.2 cm³/mol.